The van der Waals surface area contributed by atoms with E-state index in [9.17, 15) is 14.4 Å². The molecule has 170 valence electrons. The first kappa shape index (κ1) is 22.3. The predicted molar refractivity (Wildman–Crippen MR) is 128 cm³/mol. The van der Waals surface area contributed by atoms with Gasteiger partial charge in [0.05, 0.1) is 29.5 Å². The monoisotopic (exact) mass is 446 g/mol. The lowest BCUT2D eigenvalue weighted by atomic mass is 9.86. The van der Waals surface area contributed by atoms with Crippen molar-refractivity contribution in [2.24, 2.45) is 5.73 Å². The molecule has 2 aromatic heterocycles. The lowest BCUT2D eigenvalue weighted by molar-refractivity contribution is -0.115. The van der Waals surface area contributed by atoms with Crippen LogP contribution in [-0.4, -0.2) is 11.8 Å². The number of fused-ring (bicyclic) bond motifs is 2. The van der Waals surface area contributed by atoms with Crippen molar-refractivity contribution in [1.29, 1.82) is 0 Å². The Morgan fingerprint density at radius 2 is 1.73 bits per heavy atom. The van der Waals surface area contributed by atoms with Crippen molar-refractivity contribution >= 4 is 39.4 Å². The fraction of sp³-hybridized carbons (Fsp3) is 0.269. The highest BCUT2D eigenvalue weighted by Gasteiger charge is 2.24. The number of hydrogen-bond donors (Lipinski definition) is 2. The molecule has 4 rings (SSSR count). The van der Waals surface area contributed by atoms with Crippen LogP contribution in [0.25, 0.3) is 21.9 Å². The SMILES string of the molecule is Cc1c(CC(=O)Nc2ccccc2C(N)=O)c(=O)oc2c(C)c3occ(C(C)(C)C)c3cc12. The molecule has 0 aliphatic carbocycles. The Labute approximate surface area is 190 Å². The first-order valence-corrected chi connectivity index (χ1v) is 10.6. The second-order valence-corrected chi connectivity index (χ2v) is 9.28. The van der Waals surface area contributed by atoms with Gasteiger partial charge in [-0.3, -0.25) is 9.59 Å². The molecule has 0 spiro atoms. The molecule has 7 heteroatoms. The number of nitrogens with one attached hydrogen (secondary N) is 1. The lowest BCUT2D eigenvalue weighted by Crippen LogP contribution is -2.22. The van der Waals surface area contributed by atoms with E-state index in [4.69, 9.17) is 14.6 Å². The van der Waals surface area contributed by atoms with E-state index in [1.165, 1.54) is 6.07 Å². The maximum Gasteiger partial charge on any atom is 0.340 e. The average Bonchev–Trinajstić information content (AvgIpc) is 3.17. The molecule has 0 atom stereocenters. The van der Waals surface area contributed by atoms with Crippen LogP contribution in [0.15, 0.2) is 50.2 Å². The topological polar surface area (TPSA) is 116 Å². The third-order valence-corrected chi connectivity index (χ3v) is 5.95. The zero-order chi connectivity index (χ0) is 24.1. The molecule has 2 amide bonds. The maximum atomic E-state index is 12.8. The molecule has 3 N–H and O–H groups in total. The molecule has 0 unspecified atom stereocenters. The quantitative estimate of drug-likeness (QED) is 0.440. The summed E-state index contributed by atoms with van der Waals surface area (Å²) in [5, 5.41) is 4.38. The van der Waals surface area contributed by atoms with Crippen LogP contribution in [0.5, 0.6) is 0 Å². The summed E-state index contributed by atoms with van der Waals surface area (Å²) in [5.41, 5.74) is 9.02. The molecular formula is C26H26N2O5. The molecule has 0 aliphatic rings. The molecule has 0 fully saturated rings. The summed E-state index contributed by atoms with van der Waals surface area (Å²) in [6.07, 6.45) is 1.54. The van der Waals surface area contributed by atoms with Crippen LogP contribution >= 0.6 is 0 Å². The van der Waals surface area contributed by atoms with Crippen molar-refractivity contribution in [2.45, 2.75) is 46.5 Å². The third-order valence-electron chi connectivity index (χ3n) is 5.95. The largest absolute Gasteiger partial charge is 0.464 e. The summed E-state index contributed by atoms with van der Waals surface area (Å²) in [5.74, 6) is -1.10. The van der Waals surface area contributed by atoms with Crippen LogP contribution in [0.2, 0.25) is 0 Å². The van der Waals surface area contributed by atoms with E-state index < -0.39 is 17.4 Å². The normalized spacial score (nSPS) is 11.8. The van der Waals surface area contributed by atoms with E-state index in [1.54, 1.807) is 31.4 Å². The number of carbonyl (C=O) groups excluding carboxylic acids is 2. The van der Waals surface area contributed by atoms with Crippen LogP contribution in [0, 0.1) is 13.8 Å². The van der Waals surface area contributed by atoms with Gasteiger partial charge < -0.3 is 19.9 Å². The van der Waals surface area contributed by atoms with Crippen LogP contribution in [0.1, 0.15) is 53.4 Å². The molecule has 2 heterocycles. The summed E-state index contributed by atoms with van der Waals surface area (Å²) >= 11 is 0. The summed E-state index contributed by atoms with van der Waals surface area (Å²) in [7, 11) is 0. The van der Waals surface area contributed by atoms with Gasteiger partial charge in [0.25, 0.3) is 5.91 Å². The number of amides is 2. The van der Waals surface area contributed by atoms with Crippen molar-refractivity contribution in [2.75, 3.05) is 5.32 Å². The van der Waals surface area contributed by atoms with Gasteiger partial charge in [-0.1, -0.05) is 32.9 Å². The summed E-state index contributed by atoms with van der Waals surface area (Å²) in [6.45, 7) is 9.98. The van der Waals surface area contributed by atoms with Crippen LogP contribution in [-0.2, 0) is 16.6 Å². The van der Waals surface area contributed by atoms with Crippen LogP contribution < -0.4 is 16.7 Å². The molecule has 7 nitrogen and oxygen atoms in total. The van der Waals surface area contributed by atoms with Gasteiger partial charge in [-0.05, 0) is 43.0 Å². The molecule has 2 aromatic carbocycles. The molecule has 0 saturated heterocycles. The first-order valence-electron chi connectivity index (χ1n) is 10.6. The standard InChI is InChI=1S/C26H26N2O5/c1-13-16-10-18-19(26(3,4)5)12-32-22(18)14(2)23(16)33-25(31)17(13)11-21(29)28-20-9-7-6-8-15(20)24(27)30/h6-10,12H,11H2,1-5H3,(H2,27,30)(H,28,29). The average molecular weight is 447 g/mol. The van der Waals surface area contributed by atoms with Gasteiger partial charge in [-0.25, -0.2) is 4.79 Å². The number of primary amides is 1. The van der Waals surface area contributed by atoms with Gasteiger partial charge in [0, 0.05) is 21.9 Å². The first-order chi connectivity index (χ1) is 15.5. The van der Waals surface area contributed by atoms with Crippen molar-refractivity contribution in [3.05, 3.63) is 74.8 Å². The van der Waals surface area contributed by atoms with Gasteiger partial charge in [0.2, 0.25) is 5.91 Å². The van der Waals surface area contributed by atoms with E-state index >= 15 is 0 Å². The van der Waals surface area contributed by atoms with Crippen LogP contribution in [0.3, 0.4) is 0 Å². The molecule has 0 bridgehead atoms. The fourth-order valence-corrected chi connectivity index (χ4v) is 4.14. The van der Waals surface area contributed by atoms with Gasteiger partial charge in [0.1, 0.15) is 11.2 Å². The smallest absolute Gasteiger partial charge is 0.340 e. The number of rotatable bonds is 4. The Bertz CT molecular complexity index is 1480. The number of hydrogen-bond acceptors (Lipinski definition) is 5. The summed E-state index contributed by atoms with van der Waals surface area (Å²) in [4.78, 5) is 37.2. The fourth-order valence-electron chi connectivity index (χ4n) is 4.14. The number of benzene rings is 2. The van der Waals surface area contributed by atoms with E-state index in [2.05, 4.69) is 26.1 Å². The van der Waals surface area contributed by atoms with Gasteiger partial charge in [0.15, 0.2) is 0 Å². The summed E-state index contributed by atoms with van der Waals surface area (Å²) in [6, 6.07) is 8.41. The van der Waals surface area contributed by atoms with Crippen molar-refractivity contribution in [1.82, 2.24) is 0 Å². The Kier molecular flexibility index (Phi) is 5.36. The molecule has 0 saturated carbocycles. The van der Waals surface area contributed by atoms with E-state index in [-0.39, 0.29) is 23.0 Å². The highest BCUT2D eigenvalue weighted by Crippen LogP contribution is 2.37. The number of aryl methyl sites for hydroxylation is 2. The lowest BCUT2D eigenvalue weighted by Gasteiger charge is -2.17. The Morgan fingerprint density at radius 3 is 2.39 bits per heavy atom. The Hall–Kier alpha value is -3.87. The second kappa shape index (κ2) is 7.92. The van der Waals surface area contributed by atoms with E-state index in [1.807, 2.05) is 13.0 Å². The number of nitrogens with two attached hydrogens (primary N) is 1. The molecular weight excluding hydrogens is 420 g/mol. The highest BCUT2D eigenvalue weighted by atomic mass is 16.4. The van der Waals surface area contributed by atoms with Gasteiger partial charge >= 0.3 is 5.63 Å². The summed E-state index contributed by atoms with van der Waals surface area (Å²) < 4.78 is 11.5. The molecule has 4 aromatic rings. The Morgan fingerprint density at radius 1 is 1.03 bits per heavy atom. The molecule has 33 heavy (non-hydrogen) atoms. The molecule has 0 aliphatic heterocycles. The Balaban J connectivity index is 1.79. The van der Waals surface area contributed by atoms with E-state index in [0.717, 1.165) is 21.9 Å². The number of furan rings is 1. The minimum Gasteiger partial charge on any atom is -0.464 e. The minimum absolute atomic E-state index is 0.134. The van der Waals surface area contributed by atoms with Crippen LogP contribution in [0.4, 0.5) is 5.69 Å². The van der Waals surface area contributed by atoms with Crippen molar-refractivity contribution in [3.63, 3.8) is 0 Å². The minimum atomic E-state index is -0.651. The van der Waals surface area contributed by atoms with E-state index in [0.29, 0.717) is 22.4 Å². The number of anilines is 1. The van der Waals surface area contributed by atoms with Gasteiger partial charge in [-0.2, -0.15) is 0 Å². The number of carbonyl (C=O) groups is 2. The zero-order valence-electron chi connectivity index (χ0n) is 19.3. The zero-order valence-corrected chi connectivity index (χ0v) is 19.3. The maximum absolute atomic E-state index is 12.8. The third kappa shape index (κ3) is 3.91. The van der Waals surface area contributed by atoms with Gasteiger partial charge in [-0.15, -0.1) is 0 Å². The number of para-hydroxylation sites is 1. The second-order valence-electron chi connectivity index (χ2n) is 9.28. The van der Waals surface area contributed by atoms with Crippen molar-refractivity contribution < 1.29 is 18.4 Å². The highest BCUT2D eigenvalue weighted by molar-refractivity contribution is 6.04. The predicted octanol–water partition coefficient (Wildman–Crippen LogP) is 4.73. The van der Waals surface area contributed by atoms with Crippen molar-refractivity contribution in [3.8, 4) is 0 Å². The molecule has 0 radical (unpaired) electrons.